The van der Waals surface area contributed by atoms with E-state index in [9.17, 15) is 19.8 Å². The molecule has 1 aromatic heterocycles. The van der Waals surface area contributed by atoms with Crippen molar-refractivity contribution in [3.63, 3.8) is 0 Å². The molecule has 1 aliphatic heterocycles. The molecule has 0 saturated carbocycles. The summed E-state index contributed by atoms with van der Waals surface area (Å²) in [5.41, 5.74) is 0.352. The van der Waals surface area contributed by atoms with Crippen LogP contribution in [0.4, 0.5) is 0 Å². The van der Waals surface area contributed by atoms with Crippen LogP contribution >= 0.6 is 0 Å². The summed E-state index contributed by atoms with van der Waals surface area (Å²) >= 11 is 0. The topological polar surface area (TPSA) is 91.0 Å². The molecule has 0 fully saturated rings. The molecule has 1 unspecified atom stereocenters. The summed E-state index contributed by atoms with van der Waals surface area (Å²) in [6, 6.07) is 8.94. The minimum absolute atomic E-state index is 0.0249. The maximum Gasteiger partial charge on any atom is 0.290 e. The van der Waals surface area contributed by atoms with Gasteiger partial charge >= 0.3 is 0 Å². The van der Waals surface area contributed by atoms with Gasteiger partial charge in [-0.2, -0.15) is 0 Å². The van der Waals surface area contributed by atoms with Crippen molar-refractivity contribution in [1.29, 1.82) is 0 Å². The standard InChI is InChI=1S/C17H15NO5/c1-10(19)14-15(12-6-2-3-7-13(12)20)18(17(22)16(14)21)9-11-5-4-8-23-11/h2-8,15,20-21H,9H2,1H3. The largest absolute Gasteiger partial charge is 0.508 e. The third-order valence-corrected chi connectivity index (χ3v) is 3.82. The summed E-state index contributed by atoms with van der Waals surface area (Å²) in [5, 5.41) is 20.2. The lowest BCUT2D eigenvalue weighted by molar-refractivity contribution is -0.130. The molecule has 0 aliphatic carbocycles. The number of carbonyl (C=O) groups is 2. The van der Waals surface area contributed by atoms with Crippen molar-refractivity contribution in [3.05, 3.63) is 65.3 Å². The second-order valence-electron chi connectivity index (χ2n) is 5.29. The summed E-state index contributed by atoms with van der Waals surface area (Å²) in [5.74, 6) is -1.22. The molecular formula is C17H15NO5. The van der Waals surface area contributed by atoms with Gasteiger partial charge in [0.15, 0.2) is 11.5 Å². The monoisotopic (exact) mass is 313 g/mol. The van der Waals surface area contributed by atoms with Gasteiger partial charge < -0.3 is 19.5 Å². The molecule has 2 N–H and O–H groups in total. The Balaban J connectivity index is 2.10. The molecule has 0 bridgehead atoms. The van der Waals surface area contributed by atoms with Crippen LogP contribution in [-0.4, -0.2) is 26.8 Å². The molecule has 118 valence electrons. The fourth-order valence-corrected chi connectivity index (χ4v) is 2.79. The van der Waals surface area contributed by atoms with E-state index in [1.54, 1.807) is 30.3 Å². The number of nitrogens with zero attached hydrogens (tertiary/aromatic N) is 1. The van der Waals surface area contributed by atoms with Gasteiger partial charge in [-0.15, -0.1) is 0 Å². The minimum Gasteiger partial charge on any atom is -0.508 e. The lowest BCUT2D eigenvalue weighted by Crippen LogP contribution is -2.30. The Morgan fingerprint density at radius 2 is 1.96 bits per heavy atom. The molecular weight excluding hydrogens is 298 g/mol. The van der Waals surface area contributed by atoms with Crippen molar-refractivity contribution < 1.29 is 24.2 Å². The van der Waals surface area contributed by atoms with E-state index >= 15 is 0 Å². The fourth-order valence-electron chi connectivity index (χ4n) is 2.79. The summed E-state index contributed by atoms with van der Waals surface area (Å²) in [6.07, 6.45) is 1.48. The first-order chi connectivity index (χ1) is 11.0. The number of hydrogen-bond acceptors (Lipinski definition) is 5. The smallest absolute Gasteiger partial charge is 0.290 e. The van der Waals surface area contributed by atoms with Gasteiger partial charge in [0.2, 0.25) is 0 Å². The number of para-hydroxylation sites is 1. The molecule has 2 heterocycles. The maximum absolute atomic E-state index is 12.4. The summed E-state index contributed by atoms with van der Waals surface area (Å²) in [7, 11) is 0. The molecule has 1 aromatic carbocycles. The molecule has 1 aliphatic rings. The Bertz CT molecular complexity index is 791. The number of ketones is 1. The number of aromatic hydroxyl groups is 1. The van der Waals surface area contributed by atoms with Gasteiger partial charge in [0, 0.05) is 5.56 Å². The molecule has 1 amide bonds. The highest BCUT2D eigenvalue weighted by atomic mass is 16.3. The number of hydrogen-bond donors (Lipinski definition) is 2. The Labute approximate surface area is 132 Å². The van der Waals surface area contributed by atoms with E-state index in [1.807, 2.05) is 0 Å². The van der Waals surface area contributed by atoms with Crippen LogP contribution in [0.1, 0.15) is 24.3 Å². The highest BCUT2D eigenvalue weighted by molar-refractivity contribution is 6.08. The average molecular weight is 313 g/mol. The third kappa shape index (κ3) is 2.48. The van der Waals surface area contributed by atoms with Gasteiger partial charge in [-0.25, -0.2) is 0 Å². The Morgan fingerprint density at radius 1 is 1.22 bits per heavy atom. The van der Waals surface area contributed by atoms with Gasteiger partial charge in [-0.3, -0.25) is 9.59 Å². The van der Waals surface area contributed by atoms with Crippen LogP contribution in [-0.2, 0) is 16.1 Å². The van der Waals surface area contributed by atoms with Crippen molar-refractivity contribution in [3.8, 4) is 5.75 Å². The van der Waals surface area contributed by atoms with Crippen molar-refractivity contribution in [2.75, 3.05) is 0 Å². The van der Waals surface area contributed by atoms with E-state index < -0.39 is 23.5 Å². The highest BCUT2D eigenvalue weighted by Crippen LogP contribution is 2.41. The molecule has 2 aromatic rings. The zero-order valence-corrected chi connectivity index (χ0v) is 12.4. The van der Waals surface area contributed by atoms with Crippen LogP contribution in [0.3, 0.4) is 0 Å². The first kappa shape index (κ1) is 14.9. The summed E-state index contributed by atoms with van der Waals surface area (Å²) < 4.78 is 5.25. The van der Waals surface area contributed by atoms with Crippen molar-refractivity contribution in [2.45, 2.75) is 19.5 Å². The van der Waals surface area contributed by atoms with E-state index in [2.05, 4.69) is 0 Å². The summed E-state index contributed by atoms with van der Waals surface area (Å²) in [4.78, 5) is 25.6. The average Bonchev–Trinajstić information content (AvgIpc) is 3.10. The maximum atomic E-state index is 12.4. The quantitative estimate of drug-likeness (QED) is 0.905. The number of amides is 1. The van der Waals surface area contributed by atoms with Crippen LogP contribution in [0.5, 0.6) is 5.75 Å². The molecule has 0 spiro atoms. The SMILES string of the molecule is CC(=O)C1=C(O)C(=O)N(Cc2ccco2)C1c1ccccc1O. The third-order valence-electron chi connectivity index (χ3n) is 3.82. The number of aliphatic hydroxyl groups is 1. The molecule has 3 rings (SSSR count). The Hall–Kier alpha value is -3.02. The number of phenolic OH excluding ortho intramolecular Hbond substituents is 1. The lowest BCUT2D eigenvalue weighted by atomic mass is 9.96. The van der Waals surface area contributed by atoms with Crippen molar-refractivity contribution >= 4 is 11.7 Å². The van der Waals surface area contributed by atoms with Crippen molar-refractivity contribution in [1.82, 2.24) is 4.90 Å². The molecule has 6 nitrogen and oxygen atoms in total. The molecule has 6 heteroatoms. The Morgan fingerprint density at radius 3 is 2.57 bits per heavy atom. The molecule has 0 saturated heterocycles. The zero-order chi connectivity index (χ0) is 16.6. The van der Waals surface area contributed by atoms with E-state index in [0.29, 0.717) is 11.3 Å². The van der Waals surface area contributed by atoms with E-state index in [1.165, 1.54) is 24.2 Å². The van der Waals surface area contributed by atoms with E-state index in [0.717, 1.165) is 0 Å². The van der Waals surface area contributed by atoms with Gasteiger partial charge in [0.05, 0.1) is 24.4 Å². The van der Waals surface area contributed by atoms with Gasteiger partial charge in [-0.05, 0) is 25.1 Å². The van der Waals surface area contributed by atoms with Gasteiger partial charge in [0.25, 0.3) is 5.91 Å². The number of Topliss-reactive ketones (excluding diaryl/α,β-unsaturated/α-hetero) is 1. The first-order valence-corrected chi connectivity index (χ1v) is 7.06. The van der Waals surface area contributed by atoms with Crippen LogP contribution in [0.2, 0.25) is 0 Å². The first-order valence-electron chi connectivity index (χ1n) is 7.06. The fraction of sp³-hybridized carbons (Fsp3) is 0.176. The highest BCUT2D eigenvalue weighted by Gasteiger charge is 2.43. The van der Waals surface area contributed by atoms with E-state index in [-0.39, 0.29) is 17.9 Å². The summed E-state index contributed by atoms with van der Waals surface area (Å²) in [6.45, 7) is 1.36. The molecule has 0 radical (unpaired) electrons. The predicted molar refractivity (Wildman–Crippen MR) is 80.4 cm³/mol. The number of rotatable bonds is 4. The van der Waals surface area contributed by atoms with Crippen LogP contribution in [0, 0.1) is 0 Å². The Kier molecular flexibility index (Phi) is 3.65. The second-order valence-corrected chi connectivity index (χ2v) is 5.29. The molecule has 23 heavy (non-hydrogen) atoms. The molecule has 1 atom stereocenters. The van der Waals surface area contributed by atoms with E-state index in [4.69, 9.17) is 4.42 Å². The van der Waals surface area contributed by atoms with Gasteiger partial charge in [0.1, 0.15) is 11.5 Å². The zero-order valence-electron chi connectivity index (χ0n) is 12.4. The number of furan rings is 1. The second kappa shape index (κ2) is 5.64. The number of benzene rings is 1. The number of aliphatic hydroxyl groups excluding tert-OH is 1. The van der Waals surface area contributed by atoms with Crippen LogP contribution in [0.25, 0.3) is 0 Å². The predicted octanol–water partition coefficient (Wildman–Crippen LogP) is 2.47. The van der Waals surface area contributed by atoms with Crippen LogP contribution < -0.4 is 0 Å². The van der Waals surface area contributed by atoms with Gasteiger partial charge in [-0.1, -0.05) is 18.2 Å². The van der Waals surface area contributed by atoms with Crippen molar-refractivity contribution in [2.24, 2.45) is 0 Å². The van der Waals surface area contributed by atoms with Crippen LogP contribution in [0.15, 0.2) is 58.4 Å². The number of carbonyl (C=O) groups excluding carboxylic acids is 2. The lowest BCUT2D eigenvalue weighted by Gasteiger charge is -2.26. The normalized spacial score (nSPS) is 17.9. The number of phenols is 1. The minimum atomic E-state index is -0.855.